The molecule has 3 atom stereocenters. The van der Waals surface area contributed by atoms with Crippen molar-refractivity contribution >= 4 is 19.7 Å². The average Bonchev–Trinajstić information content (AvgIpc) is 3.40. The average molecular weight is 1110 g/mol. The molecule has 0 bridgehead atoms. The minimum absolute atomic E-state index is 0.0300. The second-order valence-electron chi connectivity index (χ2n) is 22.9. The zero-order chi connectivity index (χ0) is 57.2. The highest BCUT2D eigenvalue weighted by Gasteiger charge is 2.27. The van der Waals surface area contributed by atoms with Crippen LogP contribution in [0.5, 0.6) is 0 Å². The molecule has 0 aromatic carbocycles. The molecule has 9 nitrogen and oxygen atoms in total. The van der Waals surface area contributed by atoms with E-state index in [1.54, 1.807) is 0 Å². The quantitative estimate of drug-likeness (QED) is 0.0212. The molecule has 0 fully saturated rings. The predicted octanol–water partition coefficient (Wildman–Crippen LogP) is 19.5. The van der Waals surface area contributed by atoms with Gasteiger partial charge >= 0.3 is 5.97 Å². The number of allylic oxidation sites excluding steroid dienone is 13. The molecule has 10 heteroatoms. The number of carbonyl (C=O) groups excluding carboxylic acids is 2. The van der Waals surface area contributed by atoms with Crippen LogP contribution in [-0.4, -0.2) is 69.4 Å². The maximum absolute atomic E-state index is 13.6. The summed E-state index contributed by atoms with van der Waals surface area (Å²) in [5.74, 6) is -0.569. The third-order valence-corrected chi connectivity index (χ3v) is 15.0. The molecule has 0 rings (SSSR count). The Morgan fingerprint density at radius 1 is 0.449 bits per heavy atom. The van der Waals surface area contributed by atoms with Crippen molar-refractivity contribution in [2.75, 3.05) is 40.9 Å². The molecule has 0 heterocycles. The first-order valence-corrected chi connectivity index (χ1v) is 33.9. The predicted molar refractivity (Wildman–Crippen MR) is 335 cm³/mol. The Hall–Kier alpha value is -2.81. The number of carbonyl (C=O) groups is 2. The van der Waals surface area contributed by atoms with E-state index >= 15 is 0 Å². The summed E-state index contributed by atoms with van der Waals surface area (Å²) in [6.45, 7) is 6.78. The first kappa shape index (κ1) is 75.2. The van der Waals surface area contributed by atoms with Crippen LogP contribution in [0.2, 0.25) is 0 Å². The number of hydrogen-bond acceptors (Lipinski definition) is 7. The van der Waals surface area contributed by atoms with Crippen molar-refractivity contribution in [2.45, 2.75) is 296 Å². The molecule has 0 aliphatic rings. The molecule has 0 aromatic heterocycles. The standard InChI is InChI=1S/C68H123N2O7P/c1-7-10-13-16-19-22-25-28-30-32-33-34-35-36-37-39-40-42-45-48-51-54-57-60-67(71)69-65(64-76-78(73,74)75-63-62-70(4,5)6)66(59-56-53-50-47-44-27-24-21-18-15-12-9-3)77-68(72)61-58-55-52-49-46-43-41-38-31-29-26-23-20-17-14-11-8-2/h19-20,22-23,28-31,33-34,41,43,56,59,65-66H,7-18,21,24-27,32,35-40,42,44-55,57-58,60-64H2,1-6H3,(H-,69,71,73,74)/b22-19-,23-20-,30-28-,31-29-,34-33-,43-41-,59-56-. The van der Waals surface area contributed by atoms with E-state index in [4.69, 9.17) is 13.8 Å². The molecule has 1 amide bonds. The number of ether oxygens (including phenoxy) is 1. The summed E-state index contributed by atoms with van der Waals surface area (Å²) in [6, 6.07) is -0.904. The molecule has 0 radical (unpaired) electrons. The second kappa shape index (κ2) is 57.4. The molecule has 0 spiro atoms. The lowest BCUT2D eigenvalue weighted by Gasteiger charge is -2.30. The molecule has 0 aliphatic carbocycles. The van der Waals surface area contributed by atoms with Gasteiger partial charge in [0.1, 0.15) is 19.3 Å². The van der Waals surface area contributed by atoms with Gasteiger partial charge in [-0.05, 0) is 109 Å². The van der Waals surface area contributed by atoms with E-state index in [9.17, 15) is 19.0 Å². The van der Waals surface area contributed by atoms with E-state index in [0.717, 1.165) is 103 Å². The number of phosphoric ester groups is 1. The fourth-order valence-corrected chi connectivity index (χ4v) is 9.73. The number of phosphoric acid groups is 1. The van der Waals surface area contributed by atoms with Crippen molar-refractivity contribution in [3.63, 3.8) is 0 Å². The molecular formula is C68H123N2O7P. The molecule has 0 aromatic rings. The number of nitrogens with one attached hydrogen (secondary N) is 1. The summed E-state index contributed by atoms with van der Waals surface area (Å²) in [4.78, 5) is 40.0. The summed E-state index contributed by atoms with van der Waals surface area (Å²) >= 11 is 0. The van der Waals surface area contributed by atoms with E-state index in [1.165, 1.54) is 141 Å². The molecule has 78 heavy (non-hydrogen) atoms. The van der Waals surface area contributed by atoms with Gasteiger partial charge in [-0.15, -0.1) is 0 Å². The van der Waals surface area contributed by atoms with Crippen LogP contribution in [0, 0.1) is 0 Å². The van der Waals surface area contributed by atoms with E-state index in [-0.39, 0.29) is 24.9 Å². The van der Waals surface area contributed by atoms with Crippen LogP contribution < -0.4 is 10.2 Å². The van der Waals surface area contributed by atoms with Gasteiger partial charge in [-0.3, -0.25) is 14.2 Å². The van der Waals surface area contributed by atoms with E-state index in [0.29, 0.717) is 23.9 Å². The smallest absolute Gasteiger partial charge is 0.306 e. The molecule has 3 unspecified atom stereocenters. The second-order valence-corrected chi connectivity index (χ2v) is 24.3. The number of nitrogens with zero attached hydrogens (tertiary/aromatic N) is 1. The SMILES string of the molecule is CCCCC/C=C\C/C=C\C/C=C\CCCCCCCCCCCCC(=O)NC(COP(=O)([O-])OCC[N+](C)(C)C)C(/C=C\CCCCCCCCCCCC)OC(=O)CCCCCC/C=C\C/C=C\C/C=C\CCCCC. The summed E-state index contributed by atoms with van der Waals surface area (Å²) in [5, 5.41) is 3.03. The van der Waals surface area contributed by atoms with Gasteiger partial charge in [0.25, 0.3) is 7.82 Å². The van der Waals surface area contributed by atoms with Gasteiger partial charge in [0, 0.05) is 12.8 Å². The van der Waals surface area contributed by atoms with Gasteiger partial charge in [0.15, 0.2) is 0 Å². The Balaban J connectivity index is 5.22. The summed E-state index contributed by atoms with van der Waals surface area (Å²) < 4.78 is 30.3. The monoisotopic (exact) mass is 1110 g/mol. The van der Waals surface area contributed by atoms with Crippen LogP contribution in [0.15, 0.2) is 85.1 Å². The molecule has 0 aliphatic heterocycles. The first-order chi connectivity index (χ1) is 37.9. The number of amides is 1. The van der Waals surface area contributed by atoms with Crippen molar-refractivity contribution in [3.8, 4) is 0 Å². The van der Waals surface area contributed by atoms with Crippen molar-refractivity contribution in [3.05, 3.63) is 85.1 Å². The van der Waals surface area contributed by atoms with Crippen LogP contribution in [0.3, 0.4) is 0 Å². The largest absolute Gasteiger partial charge is 0.756 e. The van der Waals surface area contributed by atoms with Gasteiger partial charge in [0.05, 0.1) is 33.8 Å². The Bertz CT molecular complexity index is 1610. The lowest BCUT2D eigenvalue weighted by Crippen LogP contribution is -2.47. The van der Waals surface area contributed by atoms with E-state index in [2.05, 4.69) is 99.0 Å². The van der Waals surface area contributed by atoms with Crippen LogP contribution >= 0.6 is 7.82 Å². The Morgan fingerprint density at radius 3 is 1.19 bits per heavy atom. The van der Waals surface area contributed by atoms with E-state index in [1.807, 2.05) is 33.3 Å². The summed E-state index contributed by atoms with van der Waals surface area (Å²) in [7, 11) is 1.16. The fourth-order valence-electron chi connectivity index (χ4n) is 9.01. The lowest BCUT2D eigenvalue weighted by molar-refractivity contribution is -0.870. The maximum atomic E-state index is 13.6. The number of rotatable bonds is 58. The third-order valence-electron chi connectivity index (χ3n) is 14.0. The Morgan fingerprint density at radius 2 is 0.782 bits per heavy atom. The van der Waals surface area contributed by atoms with Crippen LogP contribution in [-0.2, 0) is 27.9 Å². The maximum Gasteiger partial charge on any atom is 0.306 e. The molecule has 0 saturated carbocycles. The van der Waals surface area contributed by atoms with Crippen LogP contribution in [0.25, 0.3) is 0 Å². The van der Waals surface area contributed by atoms with Gasteiger partial charge in [-0.2, -0.15) is 0 Å². The third kappa shape index (κ3) is 57.9. The summed E-state index contributed by atoms with van der Waals surface area (Å²) in [5.41, 5.74) is 0. The fraction of sp³-hybridized carbons (Fsp3) is 0.765. The Labute approximate surface area is 482 Å². The van der Waals surface area contributed by atoms with Crippen molar-refractivity contribution < 1.29 is 37.3 Å². The van der Waals surface area contributed by atoms with Crippen LogP contribution in [0.1, 0.15) is 284 Å². The summed E-state index contributed by atoms with van der Waals surface area (Å²) in [6.07, 6.45) is 75.4. The highest BCUT2D eigenvalue weighted by atomic mass is 31.2. The number of hydrogen-bond donors (Lipinski definition) is 1. The minimum Gasteiger partial charge on any atom is -0.756 e. The lowest BCUT2D eigenvalue weighted by atomic mass is 10.0. The highest BCUT2D eigenvalue weighted by Crippen LogP contribution is 2.38. The topological polar surface area (TPSA) is 114 Å². The van der Waals surface area contributed by atoms with Gasteiger partial charge in [0.2, 0.25) is 5.91 Å². The molecule has 0 saturated heterocycles. The van der Waals surface area contributed by atoms with Crippen molar-refractivity contribution in [1.82, 2.24) is 5.32 Å². The number of unbranched alkanes of at least 4 members (excludes halogenated alkanes) is 30. The first-order valence-electron chi connectivity index (χ1n) is 32.4. The van der Waals surface area contributed by atoms with Gasteiger partial charge < -0.3 is 28.5 Å². The van der Waals surface area contributed by atoms with Gasteiger partial charge in [-0.25, -0.2) is 0 Å². The zero-order valence-corrected chi connectivity index (χ0v) is 52.5. The highest BCUT2D eigenvalue weighted by molar-refractivity contribution is 7.45. The number of quaternary nitrogens is 1. The molecule has 1 N–H and O–H groups in total. The molecular weight excluding hydrogens is 988 g/mol. The minimum atomic E-state index is -4.71. The van der Waals surface area contributed by atoms with E-state index < -0.39 is 26.6 Å². The number of esters is 1. The van der Waals surface area contributed by atoms with Crippen molar-refractivity contribution in [2.24, 2.45) is 0 Å². The van der Waals surface area contributed by atoms with Crippen molar-refractivity contribution in [1.29, 1.82) is 0 Å². The zero-order valence-electron chi connectivity index (χ0n) is 51.6. The van der Waals surface area contributed by atoms with Crippen LogP contribution in [0.4, 0.5) is 0 Å². The van der Waals surface area contributed by atoms with Gasteiger partial charge in [-0.1, -0.05) is 247 Å². The number of likely N-dealkylation sites (N-methyl/N-ethyl adjacent to an activating group) is 1. The molecule has 452 valence electrons. The Kier molecular flexibility index (Phi) is 55.4. The normalized spacial score (nSPS) is 14.2.